The molecule has 0 saturated heterocycles. The molecule has 2 aliphatic rings. The third-order valence-electron chi connectivity index (χ3n) is 4.71. The van der Waals surface area contributed by atoms with E-state index in [2.05, 4.69) is 6.92 Å². The molecule has 3 unspecified atom stereocenters. The van der Waals surface area contributed by atoms with E-state index in [0.29, 0.717) is 11.3 Å². The Kier molecular flexibility index (Phi) is 1.96. The van der Waals surface area contributed by atoms with Crippen molar-refractivity contribution in [2.75, 3.05) is 0 Å². The van der Waals surface area contributed by atoms with E-state index in [0.717, 1.165) is 12.3 Å². The van der Waals surface area contributed by atoms with Gasteiger partial charge in [0.05, 0.1) is 5.41 Å². The highest BCUT2D eigenvalue weighted by atomic mass is 16.4. The maximum absolute atomic E-state index is 11.2. The van der Waals surface area contributed by atoms with E-state index in [9.17, 15) is 9.90 Å². The van der Waals surface area contributed by atoms with Gasteiger partial charge >= 0.3 is 5.97 Å². The fourth-order valence-electron chi connectivity index (χ4n) is 3.85. The zero-order chi connectivity index (χ0) is 10.6. The van der Waals surface area contributed by atoms with Gasteiger partial charge in [-0.1, -0.05) is 6.92 Å². The van der Waals surface area contributed by atoms with Crippen molar-refractivity contribution in [1.82, 2.24) is 0 Å². The normalized spacial score (nSPS) is 41.6. The summed E-state index contributed by atoms with van der Waals surface area (Å²) in [7, 11) is 0. The van der Waals surface area contributed by atoms with Gasteiger partial charge in [-0.3, -0.25) is 4.79 Å². The van der Waals surface area contributed by atoms with Crippen LogP contribution in [0.2, 0.25) is 0 Å². The highest BCUT2D eigenvalue weighted by molar-refractivity contribution is 5.74. The molecule has 1 N–H and O–H groups in total. The first-order valence-electron chi connectivity index (χ1n) is 5.60. The lowest BCUT2D eigenvalue weighted by Crippen LogP contribution is -2.40. The van der Waals surface area contributed by atoms with E-state index in [1.807, 2.05) is 13.8 Å². The van der Waals surface area contributed by atoms with E-state index >= 15 is 0 Å². The number of fused-ring (bicyclic) bond motifs is 2. The smallest absolute Gasteiger partial charge is 0.309 e. The lowest BCUT2D eigenvalue weighted by atomic mass is 9.63. The van der Waals surface area contributed by atoms with Crippen LogP contribution in [0.3, 0.4) is 0 Å². The first-order chi connectivity index (χ1) is 6.36. The molecule has 0 radical (unpaired) electrons. The molecule has 0 aromatic rings. The number of hydrogen-bond donors (Lipinski definition) is 1. The minimum absolute atomic E-state index is 0.312. The van der Waals surface area contributed by atoms with Crippen LogP contribution in [-0.2, 0) is 4.79 Å². The molecule has 0 spiro atoms. The molecule has 2 rings (SSSR count). The summed E-state index contributed by atoms with van der Waals surface area (Å²) in [5, 5.41) is 9.24. The molecule has 2 saturated carbocycles. The number of carboxylic acid groups (broad SMARTS) is 1. The van der Waals surface area contributed by atoms with Crippen LogP contribution in [0, 0.1) is 22.7 Å². The number of aliphatic carboxylic acids is 1. The Morgan fingerprint density at radius 3 is 2.50 bits per heavy atom. The summed E-state index contributed by atoms with van der Waals surface area (Å²) in [5.41, 5.74) is -0.226. The van der Waals surface area contributed by atoms with Crippen LogP contribution in [0.15, 0.2) is 0 Å². The molecular formula is C12H20O2. The predicted octanol–water partition coefficient (Wildman–Crippen LogP) is 2.92. The van der Waals surface area contributed by atoms with Crippen molar-refractivity contribution in [3.63, 3.8) is 0 Å². The maximum atomic E-state index is 11.2. The molecule has 2 fully saturated rings. The minimum atomic E-state index is -0.628. The quantitative estimate of drug-likeness (QED) is 0.737. The number of rotatable bonds is 2. The third-order valence-corrected chi connectivity index (χ3v) is 4.71. The van der Waals surface area contributed by atoms with Gasteiger partial charge in [0.15, 0.2) is 0 Å². The van der Waals surface area contributed by atoms with Crippen LogP contribution >= 0.6 is 0 Å². The summed E-state index contributed by atoms with van der Waals surface area (Å²) in [5.74, 6) is 0.561. The van der Waals surface area contributed by atoms with Gasteiger partial charge in [0.25, 0.3) is 0 Å². The summed E-state index contributed by atoms with van der Waals surface area (Å²) in [6, 6.07) is 0. The summed E-state index contributed by atoms with van der Waals surface area (Å²) in [6.07, 6.45) is 4.95. The SMILES string of the molecule is CC12CCC(CC1C(C)(C)C(=O)O)C2. The van der Waals surface area contributed by atoms with Crippen molar-refractivity contribution in [3.05, 3.63) is 0 Å². The van der Waals surface area contributed by atoms with Crippen LogP contribution in [0.4, 0.5) is 0 Å². The monoisotopic (exact) mass is 196 g/mol. The van der Waals surface area contributed by atoms with E-state index in [1.165, 1.54) is 19.3 Å². The zero-order valence-corrected chi connectivity index (χ0v) is 9.34. The van der Waals surface area contributed by atoms with E-state index in [4.69, 9.17) is 0 Å². The number of carbonyl (C=O) groups is 1. The van der Waals surface area contributed by atoms with Crippen molar-refractivity contribution in [2.45, 2.75) is 46.5 Å². The van der Waals surface area contributed by atoms with Gasteiger partial charge in [-0.2, -0.15) is 0 Å². The Balaban J connectivity index is 2.25. The van der Waals surface area contributed by atoms with Crippen molar-refractivity contribution in [3.8, 4) is 0 Å². The van der Waals surface area contributed by atoms with Gasteiger partial charge in [0, 0.05) is 0 Å². The van der Waals surface area contributed by atoms with Gasteiger partial charge in [0.1, 0.15) is 0 Å². The summed E-state index contributed by atoms with van der Waals surface area (Å²) in [4.78, 5) is 11.2. The Hall–Kier alpha value is -0.530. The van der Waals surface area contributed by atoms with Crippen molar-refractivity contribution >= 4 is 5.97 Å². The molecule has 0 amide bonds. The molecule has 0 aromatic heterocycles. The van der Waals surface area contributed by atoms with Gasteiger partial charge in [-0.05, 0) is 56.8 Å². The molecule has 3 atom stereocenters. The first kappa shape index (κ1) is 10.0. The Morgan fingerprint density at radius 2 is 2.14 bits per heavy atom. The lowest BCUT2D eigenvalue weighted by Gasteiger charge is -2.40. The van der Waals surface area contributed by atoms with Crippen molar-refractivity contribution in [1.29, 1.82) is 0 Å². The molecule has 0 aliphatic heterocycles. The van der Waals surface area contributed by atoms with Gasteiger partial charge in [0.2, 0.25) is 0 Å². The average Bonchev–Trinajstić information content (AvgIpc) is 2.58. The number of hydrogen-bond acceptors (Lipinski definition) is 1. The van der Waals surface area contributed by atoms with Crippen LogP contribution in [0.1, 0.15) is 46.5 Å². The molecule has 2 heteroatoms. The molecule has 14 heavy (non-hydrogen) atoms. The standard InChI is InChI=1S/C12H20O2/c1-11(2,10(13)14)9-6-8-4-5-12(9,3)7-8/h8-9H,4-7H2,1-3H3,(H,13,14). The second-order valence-corrected chi connectivity index (χ2v) is 6.08. The molecule has 2 aliphatic carbocycles. The van der Waals surface area contributed by atoms with E-state index in [1.54, 1.807) is 0 Å². The molecule has 0 heterocycles. The Morgan fingerprint density at radius 1 is 1.50 bits per heavy atom. The van der Waals surface area contributed by atoms with E-state index in [-0.39, 0.29) is 0 Å². The lowest BCUT2D eigenvalue weighted by molar-refractivity contribution is -0.153. The van der Waals surface area contributed by atoms with Crippen molar-refractivity contribution in [2.24, 2.45) is 22.7 Å². The Bertz CT molecular complexity index is 269. The van der Waals surface area contributed by atoms with E-state index < -0.39 is 11.4 Å². The first-order valence-corrected chi connectivity index (χ1v) is 5.60. The minimum Gasteiger partial charge on any atom is -0.481 e. The van der Waals surface area contributed by atoms with Crippen molar-refractivity contribution < 1.29 is 9.90 Å². The third kappa shape index (κ3) is 1.19. The summed E-state index contributed by atoms with van der Waals surface area (Å²) < 4.78 is 0. The molecule has 2 bridgehead atoms. The fraction of sp³-hybridized carbons (Fsp3) is 0.917. The molecule has 2 nitrogen and oxygen atoms in total. The highest BCUT2D eigenvalue weighted by Crippen LogP contribution is 2.62. The van der Waals surface area contributed by atoms with Gasteiger partial charge in [-0.25, -0.2) is 0 Å². The zero-order valence-electron chi connectivity index (χ0n) is 9.34. The van der Waals surface area contributed by atoms with Crippen LogP contribution in [0.25, 0.3) is 0 Å². The molecule has 80 valence electrons. The largest absolute Gasteiger partial charge is 0.481 e. The van der Waals surface area contributed by atoms with Crippen LogP contribution in [0.5, 0.6) is 0 Å². The second kappa shape index (κ2) is 2.74. The summed E-state index contributed by atoms with van der Waals surface area (Å²) in [6.45, 7) is 6.08. The van der Waals surface area contributed by atoms with Crippen LogP contribution < -0.4 is 0 Å². The van der Waals surface area contributed by atoms with Crippen LogP contribution in [-0.4, -0.2) is 11.1 Å². The predicted molar refractivity (Wildman–Crippen MR) is 55.0 cm³/mol. The van der Waals surface area contributed by atoms with Gasteiger partial charge < -0.3 is 5.11 Å². The second-order valence-electron chi connectivity index (χ2n) is 6.08. The topological polar surface area (TPSA) is 37.3 Å². The molecule has 0 aromatic carbocycles. The molecular weight excluding hydrogens is 176 g/mol. The average molecular weight is 196 g/mol. The van der Waals surface area contributed by atoms with Gasteiger partial charge in [-0.15, -0.1) is 0 Å². The number of carboxylic acids is 1. The fourth-order valence-corrected chi connectivity index (χ4v) is 3.85. The summed E-state index contributed by atoms with van der Waals surface area (Å²) >= 11 is 0. The Labute approximate surface area is 85.7 Å². The highest BCUT2D eigenvalue weighted by Gasteiger charge is 2.56. The maximum Gasteiger partial charge on any atom is 0.309 e.